The number of carbonyl (C=O) groups is 1. The molecule has 0 unspecified atom stereocenters. The molecule has 0 aliphatic rings. The van der Waals surface area contributed by atoms with E-state index < -0.39 is 46.4 Å². The van der Waals surface area contributed by atoms with Crippen molar-refractivity contribution in [2.24, 2.45) is 0 Å². The minimum absolute atomic E-state index is 0.0389. The molecule has 1 aromatic heterocycles. The zero-order valence-corrected chi connectivity index (χ0v) is 9.93. The van der Waals surface area contributed by atoms with Crippen LogP contribution >= 0.6 is 0 Å². The molecule has 0 fully saturated rings. The van der Waals surface area contributed by atoms with Crippen LogP contribution in [-0.4, -0.2) is 22.5 Å². The molecule has 0 saturated carbocycles. The third-order valence-electron chi connectivity index (χ3n) is 2.28. The maximum atomic E-state index is 12.9. The number of hydrogen-bond donors (Lipinski definition) is 1. The normalized spacial score (nSPS) is 10.5. The maximum absolute atomic E-state index is 12.9. The van der Waals surface area contributed by atoms with Crippen LogP contribution in [0.5, 0.6) is 0 Å². The molecule has 0 atom stereocenters. The highest BCUT2D eigenvalue weighted by atomic mass is 19.3. The summed E-state index contributed by atoms with van der Waals surface area (Å²) in [6, 6.07) is 0. The largest absolute Gasteiger partial charge is 0.466 e. The predicted molar refractivity (Wildman–Crippen MR) is 60.6 cm³/mol. The number of pyridine rings is 1. The highest BCUT2D eigenvalue weighted by Crippen LogP contribution is 2.33. The number of hydrogen-bond acceptors (Lipinski definition) is 6. The van der Waals surface area contributed by atoms with Gasteiger partial charge in [-0.05, 0) is 6.92 Å². The molecule has 9 heteroatoms. The van der Waals surface area contributed by atoms with Gasteiger partial charge in [0.05, 0.1) is 29.1 Å². The van der Waals surface area contributed by atoms with Gasteiger partial charge in [-0.2, -0.15) is 0 Å². The first-order chi connectivity index (χ1) is 8.88. The van der Waals surface area contributed by atoms with Crippen LogP contribution in [0.3, 0.4) is 0 Å². The summed E-state index contributed by atoms with van der Waals surface area (Å²) in [4.78, 5) is 24.5. The minimum Gasteiger partial charge on any atom is -0.466 e. The topological polar surface area (TPSA) is 108 Å². The molecule has 1 heterocycles. The van der Waals surface area contributed by atoms with Crippen molar-refractivity contribution in [2.75, 3.05) is 12.3 Å². The Hall–Kier alpha value is -2.32. The molecule has 0 aromatic carbocycles. The summed E-state index contributed by atoms with van der Waals surface area (Å²) in [5, 5.41) is 10.8. The zero-order chi connectivity index (χ0) is 14.6. The third-order valence-corrected chi connectivity index (χ3v) is 2.28. The van der Waals surface area contributed by atoms with Gasteiger partial charge in [0.15, 0.2) is 0 Å². The summed E-state index contributed by atoms with van der Waals surface area (Å²) >= 11 is 0. The Balaban J connectivity index is 3.33. The fourth-order valence-electron chi connectivity index (χ4n) is 1.51. The number of aromatic nitrogens is 1. The number of nitrogens with zero attached hydrogens (tertiary/aromatic N) is 2. The van der Waals surface area contributed by atoms with E-state index in [1.165, 1.54) is 6.92 Å². The molecular weight excluding hydrogens is 264 g/mol. The van der Waals surface area contributed by atoms with Crippen molar-refractivity contribution < 1.29 is 23.2 Å². The molecule has 2 N–H and O–H groups in total. The highest BCUT2D eigenvalue weighted by molar-refractivity contribution is 5.76. The van der Waals surface area contributed by atoms with E-state index in [-0.39, 0.29) is 6.61 Å². The molecule has 0 aliphatic heterocycles. The molecule has 104 valence electrons. The van der Waals surface area contributed by atoms with Gasteiger partial charge in [0.2, 0.25) is 0 Å². The molecule has 7 nitrogen and oxygen atoms in total. The van der Waals surface area contributed by atoms with Gasteiger partial charge in [-0.1, -0.05) is 0 Å². The number of rotatable bonds is 5. The molecule has 19 heavy (non-hydrogen) atoms. The number of carbonyl (C=O) groups excluding carboxylic acids is 1. The monoisotopic (exact) mass is 275 g/mol. The van der Waals surface area contributed by atoms with Crippen LogP contribution in [0, 0.1) is 10.1 Å². The molecule has 1 aromatic rings. The standard InChI is InChI=1S/C10H11F2N3O4/c1-2-19-7(16)3-5-6(15(17)18)4-14-10(13)8(5)9(11)12/h4,9H,2-3H2,1H3,(H2,13,14). The van der Waals surface area contributed by atoms with Gasteiger partial charge in [-0.3, -0.25) is 14.9 Å². The first-order valence-corrected chi connectivity index (χ1v) is 5.23. The van der Waals surface area contributed by atoms with Gasteiger partial charge < -0.3 is 10.5 Å². The van der Waals surface area contributed by atoms with Crippen molar-refractivity contribution >= 4 is 17.5 Å². The lowest BCUT2D eigenvalue weighted by atomic mass is 10.0. The summed E-state index contributed by atoms with van der Waals surface area (Å²) in [7, 11) is 0. The Morgan fingerprint density at radius 2 is 2.26 bits per heavy atom. The summed E-state index contributed by atoms with van der Waals surface area (Å²) in [6.45, 7) is 1.57. The first-order valence-electron chi connectivity index (χ1n) is 5.23. The molecule has 1 rings (SSSR count). The molecule has 0 aliphatic carbocycles. The van der Waals surface area contributed by atoms with Crippen molar-refractivity contribution in [3.63, 3.8) is 0 Å². The van der Waals surface area contributed by atoms with Crippen molar-refractivity contribution in [3.05, 3.63) is 27.4 Å². The number of nitrogens with two attached hydrogens (primary N) is 1. The summed E-state index contributed by atoms with van der Waals surface area (Å²) < 4.78 is 30.3. The van der Waals surface area contributed by atoms with Crippen molar-refractivity contribution in [1.82, 2.24) is 4.98 Å². The lowest BCUT2D eigenvalue weighted by molar-refractivity contribution is -0.385. The summed E-state index contributed by atoms with van der Waals surface area (Å²) in [5.74, 6) is -1.39. The maximum Gasteiger partial charge on any atom is 0.310 e. The number of halogens is 2. The second-order valence-electron chi connectivity index (χ2n) is 3.46. The van der Waals surface area contributed by atoms with E-state index in [1.54, 1.807) is 0 Å². The number of nitro groups is 1. The van der Waals surface area contributed by atoms with Gasteiger partial charge in [-0.15, -0.1) is 0 Å². The van der Waals surface area contributed by atoms with E-state index in [1.807, 2.05) is 0 Å². The Labute approximate surface area is 106 Å². The quantitative estimate of drug-likeness (QED) is 0.497. The lowest BCUT2D eigenvalue weighted by Crippen LogP contribution is -2.13. The fourth-order valence-corrected chi connectivity index (χ4v) is 1.51. The van der Waals surface area contributed by atoms with Gasteiger partial charge in [0.25, 0.3) is 12.1 Å². The van der Waals surface area contributed by atoms with Gasteiger partial charge in [0.1, 0.15) is 12.0 Å². The van der Waals surface area contributed by atoms with Crippen molar-refractivity contribution in [2.45, 2.75) is 19.8 Å². The highest BCUT2D eigenvalue weighted by Gasteiger charge is 2.28. The van der Waals surface area contributed by atoms with E-state index in [0.717, 1.165) is 6.20 Å². The smallest absolute Gasteiger partial charge is 0.310 e. The van der Waals surface area contributed by atoms with Crippen LogP contribution in [0.15, 0.2) is 6.20 Å². The number of ether oxygens (including phenoxy) is 1. The van der Waals surface area contributed by atoms with Crippen molar-refractivity contribution in [3.8, 4) is 0 Å². The van der Waals surface area contributed by atoms with Crippen LogP contribution in [-0.2, 0) is 16.0 Å². The lowest BCUT2D eigenvalue weighted by Gasteiger charge is -2.10. The Bertz CT molecular complexity index is 508. The average molecular weight is 275 g/mol. The number of anilines is 1. The Morgan fingerprint density at radius 3 is 2.74 bits per heavy atom. The molecule has 0 amide bonds. The second-order valence-corrected chi connectivity index (χ2v) is 3.46. The van der Waals surface area contributed by atoms with Gasteiger partial charge in [-0.25, -0.2) is 13.8 Å². The van der Waals surface area contributed by atoms with E-state index in [9.17, 15) is 23.7 Å². The Kier molecular flexibility index (Phi) is 4.67. The molecular formula is C10H11F2N3O4. The van der Waals surface area contributed by atoms with Crippen LogP contribution in [0.4, 0.5) is 20.3 Å². The van der Waals surface area contributed by atoms with Crippen LogP contribution in [0.25, 0.3) is 0 Å². The van der Waals surface area contributed by atoms with Crippen LogP contribution < -0.4 is 5.73 Å². The van der Waals surface area contributed by atoms with Gasteiger partial charge in [0, 0.05) is 0 Å². The summed E-state index contributed by atoms with van der Waals surface area (Å²) in [6.07, 6.45) is -2.98. The van der Waals surface area contributed by atoms with Crippen LogP contribution in [0.1, 0.15) is 24.5 Å². The van der Waals surface area contributed by atoms with Crippen molar-refractivity contribution in [1.29, 1.82) is 0 Å². The molecule has 0 spiro atoms. The SMILES string of the molecule is CCOC(=O)Cc1c([N+](=O)[O-])cnc(N)c1C(F)F. The number of nitrogen functional groups attached to an aromatic ring is 1. The third kappa shape index (κ3) is 3.33. The minimum atomic E-state index is -3.07. The molecule has 0 bridgehead atoms. The average Bonchev–Trinajstić information content (AvgIpc) is 2.28. The fraction of sp³-hybridized carbons (Fsp3) is 0.400. The molecule has 0 saturated heterocycles. The van der Waals surface area contributed by atoms with E-state index in [0.29, 0.717) is 0 Å². The first kappa shape index (κ1) is 14.7. The number of alkyl halides is 2. The van der Waals surface area contributed by atoms with E-state index in [4.69, 9.17) is 5.73 Å². The second kappa shape index (κ2) is 6.03. The zero-order valence-electron chi connectivity index (χ0n) is 9.93. The predicted octanol–water partition coefficient (Wildman–Crippen LogP) is 1.62. The summed E-state index contributed by atoms with van der Waals surface area (Å²) in [5.41, 5.74) is 3.32. The van der Waals surface area contributed by atoms with Gasteiger partial charge >= 0.3 is 5.97 Å². The number of esters is 1. The van der Waals surface area contributed by atoms with E-state index in [2.05, 4.69) is 9.72 Å². The molecule has 0 radical (unpaired) electrons. The van der Waals surface area contributed by atoms with Crippen LogP contribution in [0.2, 0.25) is 0 Å². The Morgan fingerprint density at radius 1 is 1.63 bits per heavy atom. The van der Waals surface area contributed by atoms with E-state index >= 15 is 0 Å².